The lowest BCUT2D eigenvalue weighted by atomic mass is 10.1. The van der Waals surface area contributed by atoms with Crippen molar-refractivity contribution in [3.05, 3.63) is 63.7 Å². The van der Waals surface area contributed by atoms with Gasteiger partial charge in [-0.2, -0.15) is 13.2 Å². The minimum atomic E-state index is -4.48. The summed E-state index contributed by atoms with van der Waals surface area (Å²) in [5.74, 6) is 0.224. The summed E-state index contributed by atoms with van der Waals surface area (Å²) in [6, 6.07) is 8.02. The lowest BCUT2D eigenvalue weighted by Crippen LogP contribution is -2.18. The molecule has 0 saturated carbocycles. The van der Waals surface area contributed by atoms with Crippen LogP contribution in [0.5, 0.6) is 11.5 Å². The van der Waals surface area contributed by atoms with Crippen molar-refractivity contribution in [2.45, 2.75) is 25.6 Å². The standard InChI is InChI=1S/C16H15F3N2O3/c1-10(20)7-11-8-13(21(22)23)5-6-15(11)24-14-4-2-3-12(9-14)16(17,18)19/h2-6,8-10H,7,20H2,1H3. The van der Waals surface area contributed by atoms with Crippen molar-refractivity contribution < 1.29 is 22.8 Å². The number of ether oxygens (including phenoxy) is 1. The second-order valence-corrected chi connectivity index (χ2v) is 5.36. The van der Waals surface area contributed by atoms with Crippen LogP contribution in [0.15, 0.2) is 42.5 Å². The van der Waals surface area contributed by atoms with E-state index in [1.807, 2.05) is 0 Å². The van der Waals surface area contributed by atoms with Crippen LogP contribution in [0.3, 0.4) is 0 Å². The van der Waals surface area contributed by atoms with E-state index in [0.717, 1.165) is 12.1 Å². The lowest BCUT2D eigenvalue weighted by Gasteiger charge is -2.14. The smallest absolute Gasteiger partial charge is 0.416 e. The average Bonchev–Trinajstić information content (AvgIpc) is 2.47. The maximum Gasteiger partial charge on any atom is 0.416 e. The first-order valence-electron chi connectivity index (χ1n) is 7.05. The third kappa shape index (κ3) is 4.45. The summed E-state index contributed by atoms with van der Waals surface area (Å²) in [4.78, 5) is 10.3. The third-order valence-electron chi connectivity index (χ3n) is 3.19. The van der Waals surface area contributed by atoms with Crippen molar-refractivity contribution in [3.63, 3.8) is 0 Å². The van der Waals surface area contributed by atoms with E-state index in [4.69, 9.17) is 10.5 Å². The maximum atomic E-state index is 12.8. The predicted octanol–water partition coefficient (Wildman–Crippen LogP) is 4.30. The fourth-order valence-electron chi connectivity index (χ4n) is 2.15. The van der Waals surface area contributed by atoms with E-state index in [-0.39, 0.29) is 29.6 Å². The summed E-state index contributed by atoms with van der Waals surface area (Å²) in [7, 11) is 0. The molecule has 0 spiro atoms. The molecule has 2 rings (SSSR count). The molecule has 0 aliphatic rings. The Bertz CT molecular complexity index is 746. The van der Waals surface area contributed by atoms with Gasteiger partial charge in [-0.3, -0.25) is 10.1 Å². The molecule has 1 unspecified atom stereocenters. The van der Waals surface area contributed by atoms with Crippen LogP contribution in [0.1, 0.15) is 18.1 Å². The molecule has 24 heavy (non-hydrogen) atoms. The summed E-state index contributed by atoms with van der Waals surface area (Å²) < 4.78 is 43.8. The fraction of sp³-hybridized carbons (Fsp3) is 0.250. The van der Waals surface area contributed by atoms with Crippen molar-refractivity contribution in [1.82, 2.24) is 0 Å². The van der Waals surface area contributed by atoms with Crippen molar-refractivity contribution in [3.8, 4) is 11.5 Å². The zero-order valence-electron chi connectivity index (χ0n) is 12.7. The Balaban J connectivity index is 2.36. The van der Waals surface area contributed by atoms with Gasteiger partial charge >= 0.3 is 6.18 Å². The highest BCUT2D eigenvalue weighted by Crippen LogP contribution is 2.34. The van der Waals surface area contributed by atoms with Crippen molar-refractivity contribution in [2.75, 3.05) is 0 Å². The van der Waals surface area contributed by atoms with Gasteiger partial charge in [-0.25, -0.2) is 0 Å². The van der Waals surface area contributed by atoms with Crippen LogP contribution in [-0.4, -0.2) is 11.0 Å². The number of hydrogen-bond donors (Lipinski definition) is 1. The van der Waals surface area contributed by atoms with Gasteiger partial charge in [0.25, 0.3) is 5.69 Å². The van der Waals surface area contributed by atoms with E-state index in [1.54, 1.807) is 6.92 Å². The Morgan fingerprint density at radius 1 is 1.25 bits per heavy atom. The van der Waals surface area contributed by atoms with Crippen LogP contribution in [0, 0.1) is 10.1 Å². The van der Waals surface area contributed by atoms with Gasteiger partial charge in [0.05, 0.1) is 10.5 Å². The molecule has 0 saturated heterocycles. The van der Waals surface area contributed by atoms with E-state index in [2.05, 4.69) is 0 Å². The first-order chi connectivity index (χ1) is 11.2. The number of nitrogens with two attached hydrogens (primary N) is 1. The molecular formula is C16H15F3N2O3. The number of rotatable bonds is 5. The van der Waals surface area contributed by atoms with Crippen molar-refractivity contribution in [1.29, 1.82) is 0 Å². The molecule has 128 valence electrons. The Morgan fingerprint density at radius 2 is 1.96 bits per heavy atom. The van der Waals surface area contributed by atoms with Crippen LogP contribution < -0.4 is 10.5 Å². The third-order valence-corrected chi connectivity index (χ3v) is 3.19. The second kappa shape index (κ2) is 6.88. The lowest BCUT2D eigenvalue weighted by molar-refractivity contribution is -0.384. The number of benzene rings is 2. The van der Waals surface area contributed by atoms with Crippen LogP contribution in [0.4, 0.5) is 18.9 Å². The molecule has 0 heterocycles. The highest BCUT2D eigenvalue weighted by atomic mass is 19.4. The highest BCUT2D eigenvalue weighted by molar-refractivity contribution is 5.46. The molecule has 0 amide bonds. The molecule has 0 aromatic heterocycles. The Kier molecular flexibility index (Phi) is 5.08. The maximum absolute atomic E-state index is 12.8. The van der Waals surface area contributed by atoms with Gasteiger partial charge in [-0.1, -0.05) is 6.07 Å². The second-order valence-electron chi connectivity index (χ2n) is 5.36. The summed E-state index contributed by atoms with van der Waals surface area (Å²) in [6.45, 7) is 1.72. The molecule has 8 heteroatoms. The Hall–Kier alpha value is -2.61. The normalized spacial score (nSPS) is 12.7. The van der Waals surface area contributed by atoms with Gasteiger partial charge in [-0.15, -0.1) is 0 Å². The molecule has 1 atom stereocenters. The van der Waals surface area contributed by atoms with Gasteiger partial charge in [0.15, 0.2) is 0 Å². The first-order valence-corrected chi connectivity index (χ1v) is 7.05. The van der Waals surface area contributed by atoms with E-state index in [1.165, 1.54) is 30.3 Å². The summed E-state index contributed by atoms with van der Waals surface area (Å²) in [5, 5.41) is 10.9. The monoisotopic (exact) mass is 340 g/mol. The number of non-ortho nitro benzene ring substituents is 1. The zero-order valence-corrected chi connectivity index (χ0v) is 12.7. The molecule has 2 aromatic carbocycles. The predicted molar refractivity (Wildman–Crippen MR) is 82.0 cm³/mol. The Labute approximate surface area is 136 Å². The van der Waals surface area contributed by atoms with E-state index >= 15 is 0 Å². The van der Waals surface area contributed by atoms with Gasteiger partial charge < -0.3 is 10.5 Å². The molecule has 0 bridgehead atoms. The molecule has 2 aromatic rings. The minimum Gasteiger partial charge on any atom is -0.457 e. The van der Waals surface area contributed by atoms with E-state index < -0.39 is 16.7 Å². The largest absolute Gasteiger partial charge is 0.457 e. The summed E-state index contributed by atoms with van der Waals surface area (Å²) in [6.07, 6.45) is -4.20. The number of halogens is 3. The van der Waals surface area contributed by atoms with Gasteiger partial charge in [0.1, 0.15) is 11.5 Å². The number of alkyl halides is 3. The Morgan fingerprint density at radius 3 is 2.54 bits per heavy atom. The summed E-state index contributed by atoms with van der Waals surface area (Å²) >= 11 is 0. The van der Waals surface area contributed by atoms with E-state index in [0.29, 0.717) is 5.56 Å². The molecule has 5 nitrogen and oxygen atoms in total. The van der Waals surface area contributed by atoms with Crippen molar-refractivity contribution in [2.24, 2.45) is 5.73 Å². The van der Waals surface area contributed by atoms with E-state index in [9.17, 15) is 23.3 Å². The molecule has 0 radical (unpaired) electrons. The summed E-state index contributed by atoms with van der Waals surface area (Å²) in [5.41, 5.74) is 5.20. The molecule has 0 aliphatic heterocycles. The average molecular weight is 340 g/mol. The van der Waals surface area contributed by atoms with Gasteiger partial charge in [0, 0.05) is 23.7 Å². The molecular weight excluding hydrogens is 325 g/mol. The number of nitrogens with zero attached hydrogens (tertiary/aromatic N) is 1. The fourth-order valence-corrected chi connectivity index (χ4v) is 2.15. The number of nitro benzene ring substituents is 1. The van der Waals surface area contributed by atoms with Crippen LogP contribution in [0.25, 0.3) is 0 Å². The zero-order chi connectivity index (χ0) is 17.9. The number of hydrogen-bond acceptors (Lipinski definition) is 4. The van der Waals surface area contributed by atoms with Crippen LogP contribution >= 0.6 is 0 Å². The first kappa shape index (κ1) is 17.7. The van der Waals surface area contributed by atoms with Gasteiger partial charge in [-0.05, 0) is 37.6 Å². The molecule has 0 aliphatic carbocycles. The molecule has 0 fully saturated rings. The minimum absolute atomic E-state index is 0.00963. The topological polar surface area (TPSA) is 78.4 Å². The quantitative estimate of drug-likeness (QED) is 0.650. The van der Waals surface area contributed by atoms with Crippen molar-refractivity contribution >= 4 is 5.69 Å². The van der Waals surface area contributed by atoms with Gasteiger partial charge in [0.2, 0.25) is 0 Å². The highest BCUT2D eigenvalue weighted by Gasteiger charge is 2.30. The van der Waals surface area contributed by atoms with Crippen LogP contribution in [0.2, 0.25) is 0 Å². The SMILES string of the molecule is CC(N)Cc1cc([N+](=O)[O-])ccc1Oc1cccc(C(F)(F)F)c1. The van der Waals surface area contributed by atoms with Crippen LogP contribution in [-0.2, 0) is 12.6 Å². The number of nitro groups is 1. The molecule has 2 N–H and O–H groups in total.